The number of hydrogen-bond acceptors (Lipinski definition) is 2. The standard InChI is InChI=1S/C10H20INO/c1-12-7-2-4-10(5-3-8-12)6-9-13-11/h10H,2-9H2,1H3. The molecule has 1 saturated heterocycles. The first-order valence-electron chi connectivity index (χ1n) is 5.25. The molecule has 0 amide bonds. The summed E-state index contributed by atoms with van der Waals surface area (Å²) in [5.74, 6) is 0.920. The molecule has 1 heterocycles. The first-order chi connectivity index (χ1) is 6.33. The van der Waals surface area contributed by atoms with Crippen molar-refractivity contribution in [3.8, 4) is 0 Å². The molecule has 0 aliphatic carbocycles. The second kappa shape index (κ2) is 7.01. The molecule has 13 heavy (non-hydrogen) atoms. The first kappa shape index (κ1) is 11.7. The summed E-state index contributed by atoms with van der Waals surface area (Å²) in [6.45, 7) is 3.49. The van der Waals surface area contributed by atoms with Gasteiger partial charge in [-0.2, -0.15) is 0 Å². The Morgan fingerprint density at radius 3 is 2.46 bits per heavy atom. The molecule has 0 bridgehead atoms. The quantitative estimate of drug-likeness (QED) is 0.743. The maximum Gasteiger partial charge on any atom is 0.109 e. The SMILES string of the molecule is CN1CCCC(CCOI)CCC1. The van der Waals surface area contributed by atoms with Crippen LogP contribution in [0, 0.1) is 5.92 Å². The van der Waals surface area contributed by atoms with Gasteiger partial charge in [0.05, 0.1) is 6.61 Å². The van der Waals surface area contributed by atoms with Crippen molar-refractivity contribution in [1.29, 1.82) is 0 Å². The number of rotatable bonds is 3. The van der Waals surface area contributed by atoms with Crippen molar-refractivity contribution in [3.63, 3.8) is 0 Å². The summed E-state index contributed by atoms with van der Waals surface area (Å²) in [4.78, 5) is 2.45. The van der Waals surface area contributed by atoms with Crippen molar-refractivity contribution < 1.29 is 3.07 Å². The Bertz CT molecular complexity index is 122. The zero-order chi connectivity index (χ0) is 9.52. The molecule has 0 unspecified atom stereocenters. The Balaban J connectivity index is 2.16. The summed E-state index contributed by atoms with van der Waals surface area (Å²) in [7, 11) is 2.23. The van der Waals surface area contributed by atoms with Crippen LogP contribution < -0.4 is 0 Å². The summed E-state index contributed by atoms with van der Waals surface area (Å²) in [5.41, 5.74) is 0. The van der Waals surface area contributed by atoms with Crippen LogP contribution in [0.25, 0.3) is 0 Å². The fraction of sp³-hybridized carbons (Fsp3) is 1.00. The van der Waals surface area contributed by atoms with Gasteiger partial charge in [-0.15, -0.1) is 0 Å². The summed E-state index contributed by atoms with van der Waals surface area (Å²) < 4.78 is 5.10. The summed E-state index contributed by atoms with van der Waals surface area (Å²) in [6.07, 6.45) is 6.77. The number of likely N-dealkylation sites (tertiary alicyclic amines) is 1. The van der Waals surface area contributed by atoms with E-state index in [0.29, 0.717) is 0 Å². The lowest BCUT2D eigenvalue weighted by Crippen LogP contribution is -2.24. The fourth-order valence-corrected chi connectivity index (χ4v) is 2.31. The molecule has 2 nitrogen and oxygen atoms in total. The van der Waals surface area contributed by atoms with Gasteiger partial charge in [-0.05, 0) is 58.2 Å². The van der Waals surface area contributed by atoms with Crippen molar-refractivity contribution in [3.05, 3.63) is 0 Å². The zero-order valence-electron chi connectivity index (χ0n) is 8.47. The molecule has 0 spiro atoms. The summed E-state index contributed by atoms with van der Waals surface area (Å²) in [5, 5.41) is 0. The van der Waals surface area contributed by atoms with Crippen LogP contribution in [0.3, 0.4) is 0 Å². The largest absolute Gasteiger partial charge is 0.316 e. The van der Waals surface area contributed by atoms with Gasteiger partial charge in [0, 0.05) is 0 Å². The van der Waals surface area contributed by atoms with Crippen LogP contribution in [0.4, 0.5) is 0 Å². The number of halogens is 1. The predicted molar refractivity (Wildman–Crippen MR) is 64.0 cm³/mol. The van der Waals surface area contributed by atoms with Gasteiger partial charge < -0.3 is 7.97 Å². The lowest BCUT2D eigenvalue weighted by Gasteiger charge is -2.24. The Labute approximate surface area is 95.7 Å². The Morgan fingerprint density at radius 2 is 1.92 bits per heavy atom. The normalized spacial score (nSPS) is 22.6. The van der Waals surface area contributed by atoms with Gasteiger partial charge in [0.25, 0.3) is 0 Å². The highest BCUT2D eigenvalue weighted by Crippen LogP contribution is 2.20. The van der Waals surface area contributed by atoms with Gasteiger partial charge >= 0.3 is 0 Å². The van der Waals surface area contributed by atoms with Gasteiger partial charge in [0.1, 0.15) is 23.0 Å². The molecule has 0 aromatic heterocycles. The van der Waals surface area contributed by atoms with E-state index in [2.05, 4.69) is 11.9 Å². The van der Waals surface area contributed by atoms with Gasteiger partial charge in [-0.25, -0.2) is 0 Å². The first-order valence-corrected chi connectivity index (χ1v) is 6.13. The van der Waals surface area contributed by atoms with Crippen molar-refractivity contribution >= 4 is 23.0 Å². The molecule has 1 fully saturated rings. The summed E-state index contributed by atoms with van der Waals surface area (Å²) in [6, 6.07) is 0. The minimum absolute atomic E-state index is 0.920. The second-order valence-electron chi connectivity index (χ2n) is 4.06. The Morgan fingerprint density at radius 1 is 1.31 bits per heavy atom. The third kappa shape index (κ3) is 5.18. The smallest absolute Gasteiger partial charge is 0.109 e. The molecule has 3 heteroatoms. The number of hydrogen-bond donors (Lipinski definition) is 0. The molecule has 0 aromatic carbocycles. The molecular formula is C10H20INO. The predicted octanol–water partition coefficient (Wildman–Crippen LogP) is 2.87. The minimum atomic E-state index is 0.920. The van der Waals surface area contributed by atoms with E-state index in [9.17, 15) is 0 Å². The van der Waals surface area contributed by atoms with E-state index in [4.69, 9.17) is 3.07 Å². The van der Waals surface area contributed by atoms with Crippen LogP contribution in [0.1, 0.15) is 32.1 Å². The van der Waals surface area contributed by atoms with Gasteiger partial charge in [-0.1, -0.05) is 0 Å². The molecule has 1 rings (SSSR count). The van der Waals surface area contributed by atoms with Crippen LogP contribution in [-0.2, 0) is 3.07 Å². The van der Waals surface area contributed by atoms with Gasteiger partial charge in [0.2, 0.25) is 0 Å². The molecule has 0 N–H and O–H groups in total. The zero-order valence-corrected chi connectivity index (χ0v) is 10.6. The second-order valence-corrected chi connectivity index (χ2v) is 4.68. The lowest BCUT2D eigenvalue weighted by molar-refractivity contribution is 0.242. The van der Waals surface area contributed by atoms with Crippen LogP contribution >= 0.6 is 23.0 Å². The highest BCUT2D eigenvalue weighted by atomic mass is 127. The molecule has 1 aliphatic rings. The maximum absolute atomic E-state index is 5.10. The van der Waals surface area contributed by atoms with Crippen molar-refractivity contribution in [2.45, 2.75) is 32.1 Å². The van der Waals surface area contributed by atoms with E-state index in [0.717, 1.165) is 12.5 Å². The van der Waals surface area contributed by atoms with E-state index >= 15 is 0 Å². The monoisotopic (exact) mass is 297 g/mol. The van der Waals surface area contributed by atoms with Gasteiger partial charge in [0.15, 0.2) is 0 Å². The van der Waals surface area contributed by atoms with Gasteiger partial charge in [-0.3, -0.25) is 0 Å². The van der Waals surface area contributed by atoms with E-state index in [1.165, 1.54) is 45.2 Å². The molecule has 0 aromatic rings. The fourth-order valence-electron chi connectivity index (χ4n) is 2.06. The molecular weight excluding hydrogens is 277 g/mol. The molecule has 1 aliphatic heterocycles. The highest BCUT2D eigenvalue weighted by Gasteiger charge is 2.12. The van der Waals surface area contributed by atoms with E-state index < -0.39 is 0 Å². The average molecular weight is 297 g/mol. The van der Waals surface area contributed by atoms with Crippen molar-refractivity contribution in [1.82, 2.24) is 4.90 Å². The van der Waals surface area contributed by atoms with Crippen LogP contribution in [0.15, 0.2) is 0 Å². The lowest BCUT2D eigenvalue weighted by atomic mass is 9.93. The van der Waals surface area contributed by atoms with Crippen molar-refractivity contribution in [2.24, 2.45) is 5.92 Å². The topological polar surface area (TPSA) is 12.5 Å². The van der Waals surface area contributed by atoms with E-state index in [1.807, 2.05) is 23.0 Å². The van der Waals surface area contributed by atoms with Crippen LogP contribution in [0.5, 0.6) is 0 Å². The molecule has 78 valence electrons. The molecule has 0 radical (unpaired) electrons. The minimum Gasteiger partial charge on any atom is -0.316 e. The maximum atomic E-state index is 5.10. The van der Waals surface area contributed by atoms with E-state index in [1.54, 1.807) is 0 Å². The average Bonchev–Trinajstić information content (AvgIpc) is 2.09. The van der Waals surface area contributed by atoms with Crippen LogP contribution in [0.2, 0.25) is 0 Å². The molecule has 0 atom stereocenters. The van der Waals surface area contributed by atoms with E-state index in [-0.39, 0.29) is 0 Å². The third-order valence-corrected chi connectivity index (χ3v) is 3.35. The number of nitrogens with zero attached hydrogens (tertiary/aromatic N) is 1. The molecule has 0 saturated carbocycles. The Kier molecular flexibility index (Phi) is 6.32. The van der Waals surface area contributed by atoms with Crippen LogP contribution in [-0.4, -0.2) is 31.6 Å². The Hall–Kier alpha value is 0.650. The van der Waals surface area contributed by atoms with Crippen molar-refractivity contribution in [2.75, 3.05) is 26.7 Å². The summed E-state index contributed by atoms with van der Waals surface area (Å²) >= 11 is 2.00. The third-order valence-electron chi connectivity index (χ3n) is 2.91. The highest BCUT2D eigenvalue weighted by molar-refractivity contribution is 14.1.